The molecule has 6 rings (SSSR count). The predicted octanol–water partition coefficient (Wildman–Crippen LogP) is 4.99. The first-order valence-electron chi connectivity index (χ1n) is 10.8. The minimum atomic E-state index is 0.183. The summed E-state index contributed by atoms with van der Waals surface area (Å²) in [5.74, 6) is 1.33. The van der Waals surface area contributed by atoms with E-state index in [1.807, 2.05) is 35.1 Å². The number of hydrogen-bond acceptors (Lipinski definition) is 5. The van der Waals surface area contributed by atoms with Crippen LogP contribution >= 0.6 is 0 Å². The first-order valence-corrected chi connectivity index (χ1v) is 10.8. The topological polar surface area (TPSA) is 72.2 Å². The van der Waals surface area contributed by atoms with Gasteiger partial charge in [0.25, 0.3) is 0 Å². The van der Waals surface area contributed by atoms with E-state index >= 15 is 0 Å². The van der Waals surface area contributed by atoms with E-state index in [-0.39, 0.29) is 5.78 Å². The molecule has 0 unspecified atom stereocenters. The number of anilines is 1. The van der Waals surface area contributed by atoms with Crippen molar-refractivity contribution in [1.82, 2.24) is 19.6 Å². The molecule has 150 valence electrons. The van der Waals surface area contributed by atoms with Crippen molar-refractivity contribution in [2.45, 2.75) is 44.4 Å². The van der Waals surface area contributed by atoms with Crippen LogP contribution in [0.15, 0.2) is 42.7 Å². The third kappa shape index (κ3) is 2.70. The Morgan fingerprint density at radius 2 is 1.93 bits per heavy atom. The van der Waals surface area contributed by atoms with Crippen LogP contribution in [-0.2, 0) is 0 Å². The van der Waals surface area contributed by atoms with Crippen LogP contribution in [0.5, 0.6) is 0 Å². The van der Waals surface area contributed by atoms with Gasteiger partial charge in [0.1, 0.15) is 5.82 Å². The number of carbonyl (C=O) groups is 1. The average molecular weight is 397 g/mol. The van der Waals surface area contributed by atoms with Gasteiger partial charge in [0, 0.05) is 41.6 Å². The van der Waals surface area contributed by atoms with Crippen molar-refractivity contribution in [2.24, 2.45) is 0 Å². The van der Waals surface area contributed by atoms with E-state index in [0.717, 1.165) is 57.6 Å². The minimum Gasteiger partial charge on any atom is -0.369 e. The van der Waals surface area contributed by atoms with Crippen molar-refractivity contribution in [3.8, 4) is 11.1 Å². The van der Waals surface area contributed by atoms with Gasteiger partial charge < -0.3 is 5.32 Å². The molecule has 4 aromatic rings. The molecule has 1 fully saturated rings. The van der Waals surface area contributed by atoms with Gasteiger partial charge >= 0.3 is 0 Å². The molecular formula is C24H23N5O. The number of aromatic nitrogens is 4. The number of benzene rings is 1. The largest absolute Gasteiger partial charge is 0.369 e. The van der Waals surface area contributed by atoms with Crippen LogP contribution < -0.4 is 5.32 Å². The summed E-state index contributed by atoms with van der Waals surface area (Å²) in [6.07, 6.45) is 10.1. The Bertz CT molecular complexity index is 1290. The number of ketones is 1. The van der Waals surface area contributed by atoms with E-state index in [4.69, 9.17) is 4.98 Å². The van der Waals surface area contributed by atoms with Gasteiger partial charge in [-0.05, 0) is 25.0 Å². The molecule has 0 spiro atoms. The number of hydrogen-bond donors (Lipinski definition) is 1. The standard InChI is InChI=1S/C24H23N5O/c30-20-10-11-25-24-21(20)22(15-6-2-1-3-7-15)28-23-18(14-27-29(23)24)17-12-16-8-4-5-9-19(16)26-13-17/h4-5,8-9,12-15,25H,1-3,6-7,10-11H2. The van der Waals surface area contributed by atoms with Crippen LogP contribution in [0.2, 0.25) is 0 Å². The van der Waals surface area contributed by atoms with Gasteiger partial charge in [0.15, 0.2) is 11.4 Å². The van der Waals surface area contributed by atoms with Crippen LogP contribution in [0.3, 0.4) is 0 Å². The first kappa shape index (κ1) is 17.6. The molecule has 4 heterocycles. The fourth-order valence-electron chi connectivity index (χ4n) is 4.96. The normalized spacial score (nSPS) is 17.3. The molecule has 0 atom stereocenters. The Morgan fingerprint density at radius 1 is 1.07 bits per heavy atom. The summed E-state index contributed by atoms with van der Waals surface area (Å²) in [5, 5.41) is 9.15. The maximum Gasteiger partial charge on any atom is 0.170 e. The lowest BCUT2D eigenvalue weighted by Crippen LogP contribution is -2.25. The Kier molecular flexibility index (Phi) is 4.04. The van der Waals surface area contributed by atoms with E-state index in [9.17, 15) is 4.79 Å². The van der Waals surface area contributed by atoms with Crippen molar-refractivity contribution < 1.29 is 4.79 Å². The molecule has 1 aromatic carbocycles. The fourth-order valence-corrected chi connectivity index (χ4v) is 4.96. The highest BCUT2D eigenvalue weighted by molar-refractivity contribution is 6.04. The van der Waals surface area contributed by atoms with Gasteiger partial charge in [-0.3, -0.25) is 9.78 Å². The summed E-state index contributed by atoms with van der Waals surface area (Å²) >= 11 is 0. The lowest BCUT2D eigenvalue weighted by atomic mass is 9.83. The predicted molar refractivity (Wildman–Crippen MR) is 117 cm³/mol. The highest BCUT2D eigenvalue weighted by atomic mass is 16.1. The highest BCUT2D eigenvalue weighted by Gasteiger charge is 2.31. The second-order valence-electron chi connectivity index (χ2n) is 8.37. The number of nitrogens with zero attached hydrogens (tertiary/aromatic N) is 4. The van der Waals surface area contributed by atoms with Gasteiger partial charge in [-0.1, -0.05) is 37.5 Å². The minimum absolute atomic E-state index is 0.183. The van der Waals surface area contributed by atoms with Gasteiger partial charge in [-0.25, -0.2) is 4.98 Å². The third-order valence-electron chi connectivity index (χ3n) is 6.49. The zero-order chi connectivity index (χ0) is 20.1. The molecule has 1 aliphatic carbocycles. The van der Waals surface area contributed by atoms with Crippen LogP contribution in [-0.4, -0.2) is 31.9 Å². The Labute approximate surface area is 174 Å². The fraction of sp³-hybridized carbons (Fsp3) is 0.333. The molecule has 1 aliphatic heterocycles. The van der Waals surface area contributed by atoms with E-state index in [1.165, 1.54) is 19.3 Å². The van der Waals surface area contributed by atoms with Crippen molar-refractivity contribution in [3.63, 3.8) is 0 Å². The molecule has 0 radical (unpaired) electrons. The van der Waals surface area contributed by atoms with E-state index in [0.29, 0.717) is 18.9 Å². The van der Waals surface area contributed by atoms with Crippen molar-refractivity contribution >= 4 is 28.2 Å². The summed E-state index contributed by atoms with van der Waals surface area (Å²) in [6.45, 7) is 0.641. The number of para-hydroxylation sites is 1. The van der Waals surface area contributed by atoms with Crippen LogP contribution in [0, 0.1) is 0 Å². The van der Waals surface area contributed by atoms with E-state index in [1.54, 1.807) is 0 Å². The molecule has 0 bridgehead atoms. The average Bonchev–Trinajstić information content (AvgIpc) is 3.23. The van der Waals surface area contributed by atoms with Crippen LogP contribution in [0.25, 0.3) is 27.7 Å². The lowest BCUT2D eigenvalue weighted by Gasteiger charge is -2.27. The molecule has 1 saturated carbocycles. The lowest BCUT2D eigenvalue weighted by molar-refractivity contribution is 0.0980. The molecule has 2 aliphatic rings. The van der Waals surface area contributed by atoms with Gasteiger partial charge in [-0.15, -0.1) is 0 Å². The van der Waals surface area contributed by atoms with Gasteiger partial charge in [-0.2, -0.15) is 9.61 Å². The molecule has 1 N–H and O–H groups in total. The number of nitrogens with one attached hydrogen (secondary N) is 1. The van der Waals surface area contributed by atoms with Crippen molar-refractivity contribution in [3.05, 3.63) is 54.0 Å². The summed E-state index contributed by atoms with van der Waals surface area (Å²) in [4.78, 5) is 22.6. The maximum atomic E-state index is 12.9. The number of fused-ring (bicyclic) bond motifs is 4. The van der Waals surface area contributed by atoms with Gasteiger partial charge in [0.05, 0.1) is 23.0 Å². The molecule has 6 nitrogen and oxygen atoms in total. The maximum absolute atomic E-state index is 12.9. The number of pyridine rings is 1. The zero-order valence-electron chi connectivity index (χ0n) is 16.8. The number of Topliss-reactive ketones (excluding diaryl/α,β-unsaturated/α-hetero) is 1. The summed E-state index contributed by atoms with van der Waals surface area (Å²) in [6, 6.07) is 10.2. The Morgan fingerprint density at radius 3 is 2.83 bits per heavy atom. The van der Waals surface area contributed by atoms with Crippen molar-refractivity contribution in [2.75, 3.05) is 11.9 Å². The molecule has 3 aromatic heterocycles. The first-order chi connectivity index (χ1) is 14.8. The second-order valence-corrected chi connectivity index (χ2v) is 8.37. The number of carbonyl (C=O) groups excluding carboxylic acids is 1. The molecule has 0 saturated heterocycles. The van der Waals surface area contributed by atoms with Crippen LogP contribution in [0.4, 0.5) is 5.82 Å². The van der Waals surface area contributed by atoms with E-state index < -0.39 is 0 Å². The smallest absolute Gasteiger partial charge is 0.170 e. The summed E-state index contributed by atoms with van der Waals surface area (Å²) < 4.78 is 1.81. The molecular weight excluding hydrogens is 374 g/mol. The molecule has 30 heavy (non-hydrogen) atoms. The SMILES string of the molecule is O=C1CCNc2c1c(C1CCCCC1)nc1c(-c3cnc4ccccc4c3)cnn21. The van der Waals surface area contributed by atoms with Crippen LogP contribution in [0.1, 0.15) is 60.5 Å². The van der Waals surface area contributed by atoms with Crippen molar-refractivity contribution in [1.29, 1.82) is 0 Å². The Balaban J connectivity index is 1.58. The highest BCUT2D eigenvalue weighted by Crippen LogP contribution is 2.39. The number of rotatable bonds is 2. The summed E-state index contributed by atoms with van der Waals surface area (Å²) in [7, 11) is 0. The Hall–Kier alpha value is -3.28. The molecule has 6 heteroatoms. The quantitative estimate of drug-likeness (QED) is 0.516. The van der Waals surface area contributed by atoms with Gasteiger partial charge in [0.2, 0.25) is 0 Å². The summed E-state index contributed by atoms with van der Waals surface area (Å²) in [5.41, 5.74) is 5.43. The molecule has 0 amide bonds. The monoisotopic (exact) mass is 397 g/mol. The van der Waals surface area contributed by atoms with E-state index in [2.05, 4.69) is 27.5 Å². The second kappa shape index (κ2) is 6.90. The zero-order valence-corrected chi connectivity index (χ0v) is 16.8. The third-order valence-corrected chi connectivity index (χ3v) is 6.49.